The molecule has 27 heavy (non-hydrogen) atoms. The normalized spacial score (nSPS) is 10.6. The molecule has 1 amide bonds. The summed E-state index contributed by atoms with van der Waals surface area (Å²) in [5.41, 5.74) is 0.962. The standard InChI is InChI=1S/C19H17F2N3O3/c1-24(10-8-13-5-2-3-9-22-13)19(25)17-11-14(27-23-17)12-26-18-15(20)6-4-7-16(18)21/h2-7,9,11H,8,10,12H2,1H3. The zero-order valence-corrected chi connectivity index (χ0v) is 14.6. The van der Waals surface area contributed by atoms with Crippen LogP contribution in [0.3, 0.4) is 0 Å². The molecule has 2 aromatic heterocycles. The van der Waals surface area contributed by atoms with E-state index in [1.807, 2.05) is 18.2 Å². The number of hydrogen-bond donors (Lipinski definition) is 0. The lowest BCUT2D eigenvalue weighted by Gasteiger charge is -2.14. The third kappa shape index (κ3) is 4.66. The number of halogens is 2. The average Bonchev–Trinajstić information content (AvgIpc) is 3.15. The van der Waals surface area contributed by atoms with Crippen LogP contribution in [0.4, 0.5) is 8.78 Å². The quantitative estimate of drug-likeness (QED) is 0.636. The van der Waals surface area contributed by atoms with Crippen molar-refractivity contribution in [1.29, 1.82) is 0 Å². The first-order valence-electron chi connectivity index (χ1n) is 8.22. The lowest BCUT2D eigenvalue weighted by atomic mass is 10.2. The number of para-hydroxylation sites is 1. The van der Waals surface area contributed by atoms with Gasteiger partial charge in [0.1, 0.15) is 6.61 Å². The third-order valence-corrected chi connectivity index (χ3v) is 3.83. The Balaban J connectivity index is 1.57. The highest BCUT2D eigenvalue weighted by atomic mass is 19.1. The first kappa shape index (κ1) is 18.5. The summed E-state index contributed by atoms with van der Waals surface area (Å²) in [4.78, 5) is 18.1. The number of carbonyl (C=O) groups excluding carboxylic acids is 1. The van der Waals surface area contributed by atoms with Crippen LogP contribution in [0, 0.1) is 11.6 Å². The van der Waals surface area contributed by atoms with Crippen molar-refractivity contribution >= 4 is 5.91 Å². The summed E-state index contributed by atoms with van der Waals surface area (Å²) in [5, 5.41) is 3.70. The molecule has 3 rings (SSSR count). The summed E-state index contributed by atoms with van der Waals surface area (Å²) in [6, 6.07) is 10.4. The van der Waals surface area contributed by atoms with Gasteiger partial charge < -0.3 is 14.2 Å². The van der Waals surface area contributed by atoms with E-state index in [0.717, 1.165) is 17.8 Å². The van der Waals surface area contributed by atoms with Crippen LogP contribution >= 0.6 is 0 Å². The Morgan fingerprint density at radius 3 is 2.67 bits per heavy atom. The summed E-state index contributed by atoms with van der Waals surface area (Å²) < 4.78 is 37.2. The lowest BCUT2D eigenvalue weighted by Crippen LogP contribution is -2.29. The van der Waals surface area contributed by atoms with Gasteiger partial charge in [0.15, 0.2) is 28.8 Å². The second-order valence-electron chi connectivity index (χ2n) is 5.82. The molecule has 0 spiro atoms. The number of nitrogens with zero attached hydrogens (tertiary/aromatic N) is 3. The van der Waals surface area contributed by atoms with E-state index in [1.165, 1.54) is 17.0 Å². The van der Waals surface area contributed by atoms with Crippen molar-refractivity contribution in [3.05, 3.63) is 77.4 Å². The highest BCUT2D eigenvalue weighted by Crippen LogP contribution is 2.22. The van der Waals surface area contributed by atoms with Gasteiger partial charge >= 0.3 is 0 Å². The molecule has 140 valence electrons. The molecule has 6 nitrogen and oxygen atoms in total. The van der Waals surface area contributed by atoms with Gasteiger partial charge in [-0.15, -0.1) is 0 Å². The Bertz CT molecular complexity index is 895. The van der Waals surface area contributed by atoms with Crippen molar-refractivity contribution < 1.29 is 22.8 Å². The number of hydrogen-bond acceptors (Lipinski definition) is 5. The number of likely N-dealkylation sites (N-methyl/N-ethyl adjacent to an activating group) is 1. The van der Waals surface area contributed by atoms with Crippen LogP contribution in [0.2, 0.25) is 0 Å². The van der Waals surface area contributed by atoms with E-state index >= 15 is 0 Å². The fourth-order valence-corrected chi connectivity index (χ4v) is 2.37. The zero-order chi connectivity index (χ0) is 19.2. The van der Waals surface area contributed by atoms with Gasteiger partial charge in [-0.2, -0.15) is 0 Å². The van der Waals surface area contributed by atoms with E-state index in [4.69, 9.17) is 9.26 Å². The van der Waals surface area contributed by atoms with Gasteiger partial charge in [0, 0.05) is 38.0 Å². The molecule has 0 bridgehead atoms. The molecule has 0 aliphatic rings. The number of benzene rings is 1. The fourth-order valence-electron chi connectivity index (χ4n) is 2.37. The molecule has 0 aliphatic carbocycles. The average molecular weight is 373 g/mol. The summed E-state index contributed by atoms with van der Waals surface area (Å²) in [7, 11) is 1.64. The van der Waals surface area contributed by atoms with Crippen molar-refractivity contribution in [2.45, 2.75) is 13.0 Å². The van der Waals surface area contributed by atoms with E-state index in [-0.39, 0.29) is 24.0 Å². The summed E-state index contributed by atoms with van der Waals surface area (Å²) in [6.07, 6.45) is 2.29. The van der Waals surface area contributed by atoms with Gasteiger partial charge in [-0.25, -0.2) is 8.78 Å². The predicted octanol–water partition coefficient (Wildman–Crippen LogP) is 3.24. The SMILES string of the molecule is CN(CCc1ccccn1)C(=O)c1cc(COc2c(F)cccc2F)on1. The van der Waals surface area contributed by atoms with Gasteiger partial charge in [0.25, 0.3) is 5.91 Å². The molecule has 2 heterocycles. The van der Waals surface area contributed by atoms with Gasteiger partial charge in [0.05, 0.1) is 0 Å². The first-order chi connectivity index (χ1) is 13.0. The Labute approximate surface area is 154 Å². The maximum absolute atomic E-state index is 13.5. The monoisotopic (exact) mass is 373 g/mol. The lowest BCUT2D eigenvalue weighted by molar-refractivity contribution is 0.0785. The third-order valence-electron chi connectivity index (χ3n) is 3.83. The summed E-state index contributed by atoms with van der Waals surface area (Å²) in [6.45, 7) is 0.199. The molecule has 0 saturated heterocycles. The van der Waals surface area contributed by atoms with Crippen molar-refractivity contribution in [1.82, 2.24) is 15.0 Å². The fraction of sp³-hybridized carbons (Fsp3) is 0.211. The van der Waals surface area contributed by atoms with Crippen LogP contribution in [-0.2, 0) is 13.0 Å². The summed E-state index contributed by atoms with van der Waals surface area (Å²) >= 11 is 0. The first-order valence-corrected chi connectivity index (χ1v) is 8.22. The predicted molar refractivity (Wildman–Crippen MR) is 92.1 cm³/mol. The largest absolute Gasteiger partial charge is 0.479 e. The van der Waals surface area contributed by atoms with E-state index < -0.39 is 17.4 Å². The minimum absolute atomic E-state index is 0.0890. The smallest absolute Gasteiger partial charge is 0.275 e. The molecule has 0 aliphatic heterocycles. The number of pyridine rings is 1. The van der Waals surface area contributed by atoms with Gasteiger partial charge in [-0.3, -0.25) is 9.78 Å². The minimum Gasteiger partial charge on any atom is -0.479 e. The zero-order valence-electron chi connectivity index (χ0n) is 14.6. The van der Waals surface area contributed by atoms with Crippen LogP contribution in [0.25, 0.3) is 0 Å². The van der Waals surface area contributed by atoms with Crippen molar-refractivity contribution in [3.63, 3.8) is 0 Å². The maximum atomic E-state index is 13.5. The molecule has 0 fully saturated rings. The Morgan fingerprint density at radius 1 is 1.19 bits per heavy atom. The number of rotatable bonds is 7. The second kappa shape index (κ2) is 8.39. The molecule has 0 N–H and O–H groups in total. The highest BCUT2D eigenvalue weighted by molar-refractivity contribution is 5.92. The van der Waals surface area contributed by atoms with E-state index in [1.54, 1.807) is 13.2 Å². The van der Waals surface area contributed by atoms with Gasteiger partial charge in [-0.1, -0.05) is 17.3 Å². The molecule has 1 aromatic carbocycles. The molecule has 0 unspecified atom stereocenters. The maximum Gasteiger partial charge on any atom is 0.275 e. The van der Waals surface area contributed by atoms with Crippen LogP contribution in [-0.4, -0.2) is 34.5 Å². The van der Waals surface area contributed by atoms with Crippen molar-refractivity contribution in [3.8, 4) is 5.75 Å². The molecule has 0 radical (unpaired) electrons. The molecule has 0 saturated carbocycles. The van der Waals surface area contributed by atoms with Crippen LogP contribution in [0.15, 0.2) is 53.2 Å². The van der Waals surface area contributed by atoms with Crippen molar-refractivity contribution in [2.24, 2.45) is 0 Å². The van der Waals surface area contributed by atoms with Crippen LogP contribution in [0.5, 0.6) is 5.75 Å². The second-order valence-corrected chi connectivity index (χ2v) is 5.82. The Kier molecular flexibility index (Phi) is 5.75. The van der Waals surface area contributed by atoms with E-state index in [9.17, 15) is 13.6 Å². The number of carbonyl (C=O) groups is 1. The van der Waals surface area contributed by atoms with E-state index in [0.29, 0.717) is 13.0 Å². The Morgan fingerprint density at radius 2 is 1.96 bits per heavy atom. The molecule has 8 heteroatoms. The highest BCUT2D eigenvalue weighted by Gasteiger charge is 2.18. The molecule has 3 aromatic rings. The van der Waals surface area contributed by atoms with Gasteiger partial charge in [-0.05, 0) is 24.3 Å². The van der Waals surface area contributed by atoms with E-state index in [2.05, 4.69) is 10.1 Å². The molecular weight excluding hydrogens is 356 g/mol. The summed E-state index contributed by atoms with van der Waals surface area (Å²) in [5.74, 6) is -2.30. The van der Waals surface area contributed by atoms with Gasteiger partial charge in [0.2, 0.25) is 0 Å². The Hall–Kier alpha value is -3.29. The van der Waals surface area contributed by atoms with Crippen molar-refractivity contribution in [2.75, 3.05) is 13.6 Å². The number of ether oxygens (including phenoxy) is 1. The van der Waals surface area contributed by atoms with Crippen LogP contribution in [0.1, 0.15) is 21.9 Å². The minimum atomic E-state index is -0.819. The molecular formula is C19H17F2N3O3. The number of amides is 1. The molecule has 0 atom stereocenters. The van der Waals surface area contributed by atoms with Crippen LogP contribution < -0.4 is 4.74 Å². The topological polar surface area (TPSA) is 68.5 Å². The number of aromatic nitrogens is 2.